The highest BCUT2D eigenvalue weighted by Gasteiger charge is 2.18. The van der Waals surface area contributed by atoms with Crippen LogP contribution in [-0.2, 0) is 11.3 Å². The van der Waals surface area contributed by atoms with Crippen LogP contribution in [0, 0.1) is 17.7 Å². The van der Waals surface area contributed by atoms with Gasteiger partial charge in [0, 0.05) is 30.6 Å². The highest BCUT2D eigenvalue weighted by molar-refractivity contribution is 5.76. The lowest BCUT2D eigenvalue weighted by atomic mass is 10.1. The van der Waals surface area contributed by atoms with E-state index in [9.17, 15) is 9.18 Å². The minimum absolute atomic E-state index is 0.0914. The number of halogens is 1. The number of hydrogen-bond donors (Lipinski definition) is 1. The first-order chi connectivity index (χ1) is 9.70. The molecule has 0 aromatic heterocycles. The van der Waals surface area contributed by atoms with Gasteiger partial charge < -0.3 is 10.0 Å². The van der Waals surface area contributed by atoms with Crippen LogP contribution in [0.5, 0.6) is 0 Å². The van der Waals surface area contributed by atoms with E-state index >= 15 is 0 Å². The molecule has 1 heterocycles. The van der Waals surface area contributed by atoms with Crippen molar-refractivity contribution in [3.8, 4) is 11.8 Å². The van der Waals surface area contributed by atoms with Crippen molar-refractivity contribution < 1.29 is 14.3 Å². The van der Waals surface area contributed by atoms with E-state index < -0.39 is 0 Å². The third kappa shape index (κ3) is 3.82. The molecule has 0 aliphatic carbocycles. The lowest BCUT2D eigenvalue weighted by Crippen LogP contribution is -2.30. The van der Waals surface area contributed by atoms with Crippen molar-refractivity contribution in [3.63, 3.8) is 0 Å². The largest absolute Gasteiger partial charge is 0.384 e. The van der Waals surface area contributed by atoms with Gasteiger partial charge in [-0.25, -0.2) is 4.39 Å². The number of carbonyl (C=O) groups excluding carboxylic acids is 1. The third-order valence-electron chi connectivity index (χ3n) is 3.39. The first-order valence-electron chi connectivity index (χ1n) is 6.86. The number of aliphatic hydroxyl groups excluding tert-OH is 1. The number of nitrogens with zero attached hydrogens (tertiary/aromatic N) is 1. The maximum Gasteiger partial charge on any atom is 0.222 e. The second kappa shape index (κ2) is 7.06. The Balaban J connectivity index is 2.16. The van der Waals surface area contributed by atoms with E-state index in [0.29, 0.717) is 30.6 Å². The second-order valence-corrected chi connectivity index (χ2v) is 4.89. The van der Waals surface area contributed by atoms with Gasteiger partial charge in [0.2, 0.25) is 5.91 Å². The summed E-state index contributed by atoms with van der Waals surface area (Å²) in [4.78, 5) is 13.6. The summed E-state index contributed by atoms with van der Waals surface area (Å²) in [6.07, 6.45) is 3.48. The highest BCUT2D eigenvalue weighted by atomic mass is 19.1. The summed E-state index contributed by atoms with van der Waals surface area (Å²) >= 11 is 0. The fourth-order valence-corrected chi connectivity index (χ4v) is 2.33. The molecule has 0 unspecified atom stereocenters. The van der Waals surface area contributed by atoms with E-state index in [0.717, 1.165) is 19.3 Å². The molecule has 1 aromatic rings. The normalized spacial score (nSPS) is 15.5. The van der Waals surface area contributed by atoms with Crippen molar-refractivity contribution in [1.29, 1.82) is 0 Å². The van der Waals surface area contributed by atoms with Gasteiger partial charge in [-0.1, -0.05) is 18.3 Å². The Bertz CT molecular complexity index is 545. The van der Waals surface area contributed by atoms with Gasteiger partial charge >= 0.3 is 0 Å². The zero-order valence-electron chi connectivity index (χ0n) is 11.4. The average molecular weight is 275 g/mol. The maximum atomic E-state index is 13.8. The molecular formula is C16H18FNO2. The van der Waals surface area contributed by atoms with Gasteiger partial charge in [-0.2, -0.15) is 0 Å². The van der Waals surface area contributed by atoms with E-state index in [-0.39, 0.29) is 18.3 Å². The van der Waals surface area contributed by atoms with Crippen LogP contribution in [0.3, 0.4) is 0 Å². The van der Waals surface area contributed by atoms with Gasteiger partial charge in [0.15, 0.2) is 0 Å². The molecule has 4 heteroatoms. The fraction of sp³-hybridized carbons (Fsp3) is 0.438. The van der Waals surface area contributed by atoms with Crippen LogP contribution in [0.15, 0.2) is 18.2 Å². The Morgan fingerprint density at radius 2 is 2.15 bits per heavy atom. The van der Waals surface area contributed by atoms with Crippen molar-refractivity contribution >= 4 is 5.91 Å². The van der Waals surface area contributed by atoms with Gasteiger partial charge in [-0.15, -0.1) is 0 Å². The number of aliphatic hydroxyl groups is 1. The van der Waals surface area contributed by atoms with E-state index in [4.69, 9.17) is 5.11 Å². The lowest BCUT2D eigenvalue weighted by molar-refractivity contribution is -0.131. The van der Waals surface area contributed by atoms with Crippen LogP contribution >= 0.6 is 0 Å². The number of benzene rings is 1. The monoisotopic (exact) mass is 275 g/mol. The van der Waals surface area contributed by atoms with E-state index in [1.54, 1.807) is 17.0 Å². The molecule has 106 valence electrons. The minimum Gasteiger partial charge on any atom is -0.384 e. The molecule has 3 nitrogen and oxygen atoms in total. The predicted octanol–water partition coefficient (Wildman–Crippen LogP) is 2.07. The van der Waals surface area contributed by atoms with Gasteiger partial charge in [0.25, 0.3) is 0 Å². The predicted molar refractivity (Wildman–Crippen MR) is 74.2 cm³/mol. The Morgan fingerprint density at radius 1 is 1.30 bits per heavy atom. The summed E-state index contributed by atoms with van der Waals surface area (Å²) in [6, 6.07) is 4.58. The van der Waals surface area contributed by atoms with Crippen LogP contribution in [-0.4, -0.2) is 29.1 Å². The summed E-state index contributed by atoms with van der Waals surface area (Å²) < 4.78 is 13.8. The molecule has 20 heavy (non-hydrogen) atoms. The van der Waals surface area contributed by atoms with Gasteiger partial charge in [0.05, 0.1) is 0 Å². The number of carbonyl (C=O) groups is 1. The molecule has 2 rings (SSSR count). The topological polar surface area (TPSA) is 40.5 Å². The quantitative estimate of drug-likeness (QED) is 0.839. The van der Waals surface area contributed by atoms with Crippen LogP contribution in [0.1, 0.15) is 36.8 Å². The summed E-state index contributed by atoms with van der Waals surface area (Å²) in [7, 11) is 0. The molecule has 1 aliphatic heterocycles. The first-order valence-corrected chi connectivity index (χ1v) is 6.86. The molecule has 1 N–H and O–H groups in total. The van der Waals surface area contributed by atoms with Gasteiger partial charge in [-0.05, 0) is 31.0 Å². The first kappa shape index (κ1) is 14.5. The summed E-state index contributed by atoms with van der Waals surface area (Å²) in [5, 5.41) is 8.68. The van der Waals surface area contributed by atoms with Crippen LogP contribution < -0.4 is 0 Å². The SMILES string of the molecule is O=C1CCCCCN1Cc1cc(C#CCO)ccc1F. The Labute approximate surface area is 118 Å². The summed E-state index contributed by atoms with van der Waals surface area (Å²) in [5.74, 6) is 5.06. The molecule has 0 radical (unpaired) electrons. The number of amides is 1. The highest BCUT2D eigenvalue weighted by Crippen LogP contribution is 2.17. The van der Waals surface area contributed by atoms with Crippen molar-refractivity contribution in [3.05, 3.63) is 35.1 Å². The number of hydrogen-bond acceptors (Lipinski definition) is 2. The Hall–Kier alpha value is -1.86. The van der Waals surface area contributed by atoms with E-state index in [1.807, 2.05) is 0 Å². The van der Waals surface area contributed by atoms with Crippen LogP contribution in [0.25, 0.3) is 0 Å². The Kier molecular flexibility index (Phi) is 5.14. The van der Waals surface area contributed by atoms with E-state index in [1.165, 1.54) is 6.07 Å². The molecular weight excluding hydrogens is 257 g/mol. The average Bonchev–Trinajstić information content (AvgIpc) is 2.65. The van der Waals surface area contributed by atoms with Gasteiger partial charge in [-0.3, -0.25) is 4.79 Å². The standard InChI is InChI=1S/C16H18FNO2/c17-15-8-7-13(5-4-10-19)11-14(15)12-18-9-3-1-2-6-16(18)20/h7-8,11,19H,1-3,6,9-10,12H2. The molecule has 0 atom stereocenters. The molecule has 1 saturated heterocycles. The fourth-order valence-electron chi connectivity index (χ4n) is 2.33. The third-order valence-corrected chi connectivity index (χ3v) is 3.39. The van der Waals surface area contributed by atoms with Crippen molar-refractivity contribution in [1.82, 2.24) is 4.90 Å². The maximum absolute atomic E-state index is 13.8. The molecule has 1 amide bonds. The molecule has 1 aliphatic rings. The minimum atomic E-state index is -0.323. The lowest BCUT2D eigenvalue weighted by Gasteiger charge is -2.21. The summed E-state index contributed by atoms with van der Waals surface area (Å²) in [6.45, 7) is 0.751. The number of likely N-dealkylation sites (tertiary alicyclic amines) is 1. The molecule has 0 spiro atoms. The second-order valence-electron chi connectivity index (χ2n) is 4.89. The van der Waals surface area contributed by atoms with Gasteiger partial charge in [0.1, 0.15) is 12.4 Å². The molecule has 1 fully saturated rings. The zero-order valence-corrected chi connectivity index (χ0v) is 11.4. The van der Waals surface area contributed by atoms with Crippen molar-refractivity contribution in [2.24, 2.45) is 0 Å². The molecule has 1 aromatic carbocycles. The molecule has 0 bridgehead atoms. The van der Waals surface area contributed by atoms with Crippen molar-refractivity contribution in [2.45, 2.75) is 32.2 Å². The van der Waals surface area contributed by atoms with E-state index in [2.05, 4.69) is 11.8 Å². The molecule has 0 saturated carbocycles. The Morgan fingerprint density at radius 3 is 2.95 bits per heavy atom. The van der Waals surface area contributed by atoms with Crippen LogP contribution in [0.2, 0.25) is 0 Å². The smallest absolute Gasteiger partial charge is 0.222 e. The van der Waals surface area contributed by atoms with Crippen LogP contribution in [0.4, 0.5) is 4.39 Å². The number of rotatable bonds is 2. The van der Waals surface area contributed by atoms with Crippen molar-refractivity contribution in [2.75, 3.05) is 13.2 Å². The zero-order chi connectivity index (χ0) is 14.4. The summed E-state index contributed by atoms with van der Waals surface area (Å²) in [5.41, 5.74) is 1.13.